The van der Waals surface area contributed by atoms with E-state index in [1.807, 2.05) is 13.0 Å². The number of nitrogens with zero attached hydrogens (tertiary/aromatic N) is 3. The van der Waals surface area contributed by atoms with Gasteiger partial charge in [-0.25, -0.2) is 0 Å². The molecule has 0 radical (unpaired) electrons. The summed E-state index contributed by atoms with van der Waals surface area (Å²) in [5.74, 6) is 0. The smallest absolute Gasteiger partial charge is 0.272 e. The highest BCUT2D eigenvalue weighted by Gasteiger charge is 2.32. The standard InChI is InChI=1S/C15H22N4O2/c1-12-13(3-2-4-15(12)19(20)21)9-17-10-14(11-17)18-7-5-16-6-8-18/h2-4,14,16H,5-11H2,1H3. The monoisotopic (exact) mass is 290 g/mol. The van der Waals surface area contributed by atoms with Crippen LogP contribution in [0, 0.1) is 17.0 Å². The second-order valence-electron chi connectivity index (χ2n) is 5.95. The molecule has 21 heavy (non-hydrogen) atoms. The molecule has 6 nitrogen and oxygen atoms in total. The number of hydrogen-bond acceptors (Lipinski definition) is 5. The van der Waals surface area contributed by atoms with Crippen molar-refractivity contribution in [3.63, 3.8) is 0 Å². The van der Waals surface area contributed by atoms with Crippen molar-refractivity contribution in [1.29, 1.82) is 0 Å². The van der Waals surface area contributed by atoms with Crippen LogP contribution in [-0.4, -0.2) is 60.0 Å². The molecule has 2 heterocycles. The van der Waals surface area contributed by atoms with E-state index in [0.717, 1.165) is 56.9 Å². The maximum absolute atomic E-state index is 11.0. The van der Waals surface area contributed by atoms with Gasteiger partial charge in [0.05, 0.1) is 4.92 Å². The van der Waals surface area contributed by atoms with Crippen molar-refractivity contribution in [2.75, 3.05) is 39.3 Å². The number of nitrogens with one attached hydrogen (secondary N) is 1. The fraction of sp³-hybridized carbons (Fsp3) is 0.600. The molecule has 0 unspecified atom stereocenters. The Morgan fingerprint density at radius 3 is 2.71 bits per heavy atom. The number of benzene rings is 1. The van der Waals surface area contributed by atoms with Gasteiger partial charge in [0.1, 0.15) is 0 Å². The van der Waals surface area contributed by atoms with Gasteiger partial charge in [-0.3, -0.25) is 19.9 Å². The van der Waals surface area contributed by atoms with Gasteiger partial charge in [-0.2, -0.15) is 0 Å². The summed E-state index contributed by atoms with van der Waals surface area (Å²) in [4.78, 5) is 15.6. The van der Waals surface area contributed by atoms with E-state index in [4.69, 9.17) is 0 Å². The van der Waals surface area contributed by atoms with Crippen molar-refractivity contribution in [2.45, 2.75) is 19.5 Å². The van der Waals surface area contributed by atoms with Crippen LogP contribution in [0.2, 0.25) is 0 Å². The van der Waals surface area contributed by atoms with E-state index >= 15 is 0 Å². The van der Waals surface area contributed by atoms with Crippen LogP contribution in [0.5, 0.6) is 0 Å². The van der Waals surface area contributed by atoms with Crippen LogP contribution in [-0.2, 0) is 6.54 Å². The Labute approximate surface area is 124 Å². The molecule has 2 aliphatic heterocycles. The Hall–Kier alpha value is -1.50. The average Bonchev–Trinajstić information content (AvgIpc) is 2.44. The number of likely N-dealkylation sites (tertiary alicyclic amines) is 1. The first-order valence-corrected chi connectivity index (χ1v) is 7.55. The summed E-state index contributed by atoms with van der Waals surface area (Å²) in [7, 11) is 0. The summed E-state index contributed by atoms with van der Waals surface area (Å²) in [6, 6.07) is 6.03. The van der Waals surface area contributed by atoms with Gasteiger partial charge in [0, 0.05) is 63.5 Å². The van der Waals surface area contributed by atoms with Crippen LogP contribution in [0.4, 0.5) is 5.69 Å². The number of nitro groups is 1. The maximum Gasteiger partial charge on any atom is 0.272 e. The molecule has 0 aliphatic carbocycles. The van der Waals surface area contributed by atoms with Crippen molar-refractivity contribution in [2.24, 2.45) is 0 Å². The number of rotatable bonds is 4. The first kappa shape index (κ1) is 14.4. The van der Waals surface area contributed by atoms with Crippen molar-refractivity contribution in [1.82, 2.24) is 15.1 Å². The molecule has 0 amide bonds. The minimum atomic E-state index is -0.293. The lowest BCUT2D eigenvalue weighted by Crippen LogP contribution is -2.62. The first-order valence-electron chi connectivity index (χ1n) is 7.55. The van der Waals surface area contributed by atoms with E-state index in [0.29, 0.717) is 6.04 Å². The Morgan fingerprint density at radius 1 is 1.33 bits per heavy atom. The molecular formula is C15H22N4O2. The van der Waals surface area contributed by atoms with Crippen LogP contribution in [0.3, 0.4) is 0 Å². The van der Waals surface area contributed by atoms with E-state index in [1.165, 1.54) is 0 Å². The second-order valence-corrected chi connectivity index (χ2v) is 5.95. The van der Waals surface area contributed by atoms with Crippen LogP contribution >= 0.6 is 0 Å². The normalized spacial score (nSPS) is 21.2. The lowest BCUT2D eigenvalue weighted by molar-refractivity contribution is -0.385. The Balaban J connectivity index is 1.57. The van der Waals surface area contributed by atoms with E-state index in [-0.39, 0.29) is 10.6 Å². The van der Waals surface area contributed by atoms with Crippen molar-refractivity contribution >= 4 is 5.69 Å². The molecule has 1 aromatic rings. The van der Waals surface area contributed by atoms with Crippen LogP contribution in [0.25, 0.3) is 0 Å². The predicted octanol–water partition coefficient (Wildman–Crippen LogP) is 0.993. The fourth-order valence-electron chi connectivity index (χ4n) is 3.23. The highest BCUT2D eigenvalue weighted by Crippen LogP contribution is 2.25. The van der Waals surface area contributed by atoms with Gasteiger partial charge in [0.25, 0.3) is 5.69 Å². The minimum Gasteiger partial charge on any atom is -0.314 e. The molecule has 2 fully saturated rings. The summed E-state index contributed by atoms with van der Waals surface area (Å²) in [6.07, 6.45) is 0. The fourth-order valence-corrected chi connectivity index (χ4v) is 3.23. The van der Waals surface area contributed by atoms with Gasteiger partial charge in [0.2, 0.25) is 0 Å². The van der Waals surface area contributed by atoms with Gasteiger partial charge in [0.15, 0.2) is 0 Å². The number of nitro benzene ring substituents is 1. The van der Waals surface area contributed by atoms with E-state index < -0.39 is 0 Å². The summed E-state index contributed by atoms with van der Waals surface area (Å²) >= 11 is 0. The zero-order valence-corrected chi connectivity index (χ0v) is 12.4. The SMILES string of the molecule is Cc1c(CN2CC(N3CCNCC3)C2)cccc1[N+](=O)[O-]. The molecule has 1 aromatic carbocycles. The number of piperazine rings is 1. The van der Waals surface area contributed by atoms with E-state index in [2.05, 4.69) is 15.1 Å². The molecule has 0 spiro atoms. The molecule has 1 N–H and O–H groups in total. The third-order valence-corrected chi connectivity index (χ3v) is 4.61. The molecule has 0 saturated carbocycles. The summed E-state index contributed by atoms with van der Waals surface area (Å²) in [6.45, 7) is 9.24. The van der Waals surface area contributed by atoms with Gasteiger partial charge in [-0.1, -0.05) is 12.1 Å². The van der Waals surface area contributed by atoms with E-state index in [9.17, 15) is 10.1 Å². The zero-order valence-electron chi connectivity index (χ0n) is 12.4. The van der Waals surface area contributed by atoms with E-state index in [1.54, 1.807) is 12.1 Å². The molecule has 114 valence electrons. The minimum absolute atomic E-state index is 0.228. The van der Waals surface area contributed by atoms with Gasteiger partial charge < -0.3 is 5.32 Å². The molecule has 2 saturated heterocycles. The molecule has 6 heteroatoms. The molecule has 2 aliphatic rings. The highest BCUT2D eigenvalue weighted by atomic mass is 16.6. The summed E-state index contributed by atoms with van der Waals surface area (Å²) in [5, 5.41) is 14.4. The molecule has 3 rings (SSSR count). The Kier molecular flexibility index (Phi) is 4.19. The average molecular weight is 290 g/mol. The van der Waals surface area contributed by atoms with Crippen molar-refractivity contribution < 1.29 is 4.92 Å². The quantitative estimate of drug-likeness (QED) is 0.662. The second kappa shape index (κ2) is 6.09. The molecule has 0 bridgehead atoms. The Morgan fingerprint density at radius 2 is 2.05 bits per heavy atom. The van der Waals surface area contributed by atoms with Crippen molar-refractivity contribution in [3.05, 3.63) is 39.4 Å². The predicted molar refractivity (Wildman–Crippen MR) is 81.3 cm³/mol. The third-order valence-electron chi connectivity index (χ3n) is 4.61. The molecule has 0 aromatic heterocycles. The van der Waals surface area contributed by atoms with Crippen LogP contribution in [0.15, 0.2) is 18.2 Å². The van der Waals surface area contributed by atoms with Gasteiger partial charge in [-0.15, -0.1) is 0 Å². The van der Waals surface area contributed by atoms with Gasteiger partial charge in [-0.05, 0) is 12.5 Å². The van der Waals surface area contributed by atoms with Crippen LogP contribution < -0.4 is 5.32 Å². The third kappa shape index (κ3) is 3.07. The number of hydrogen-bond donors (Lipinski definition) is 1. The Bertz CT molecular complexity index is 522. The maximum atomic E-state index is 11.0. The molecular weight excluding hydrogens is 268 g/mol. The first-order chi connectivity index (χ1) is 10.1. The highest BCUT2D eigenvalue weighted by molar-refractivity contribution is 5.44. The largest absolute Gasteiger partial charge is 0.314 e. The van der Waals surface area contributed by atoms with Gasteiger partial charge >= 0.3 is 0 Å². The lowest BCUT2D eigenvalue weighted by atomic mass is 10.0. The topological polar surface area (TPSA) is 61.6 Å². The van der Waals surface area contributed by atoms with Crippen LogP contribution in [0.1, 0.15) is 11.1 Å². The zero-order chi connectivity index (χ0) is 14.8. The molecule has 0 atom stereocenters. The summed E-state index contributed by atoms with van der Waals surface area (Å²) < 4.78 is 0. The van der Waals surface area contributed by atoms with Crippen molar-refractivity contribution in [3.8, 4) is 0 Å². The lowest BCUT2D eigenvalue weighted by Gasteiger charge is -2.47. The summed E-state index contributed by atoms with van der Waals surface area (Å²) in [5.41, 5.74) is 2.10.